The minimum atomic E-state index is -4.45. The van der Waals surface area contributed by atoms with Crippen molar-refractivity contribution in [3.05, 3.63) is 51.7 Å². The molecule has 1 aromatic heterocycles. The fourth-order valence-electron chi connectivity index (χ4n) is 2.82. The van der Waals surface area contributed by atoms with Gasteiger partial charge in [0, 0.05) is 30.8 Å². The van der Waals surface area contributed by atoms with E-state index in [1.807, 2.05) is 11.4 Å². The Balaban J connectivity index is 1.44. The summed E-state index contributed by atoms with van der Waals surface area (Å²) in [6.45, 7) is 1.19. The summed E-state index contributed by atoms with van der Waals surface area (Å²) >= 11 is 1.68. The molecular formula is C18H18F3N3O2S. The number of rotatable bonds is 5. The molecule has 0 unspecified atom stereocenters. The van der Waals surface area contributed by atoms with E-state index in [1.54, 1.807) is 16.2 Å². The first kappa shape index (κ1) is 19.2. The van der Waals surface area contributed by atoms with E-state index < -0.39 is 17.6 Å². The summed E-state index contributed by atoms with van der Waals surface area (Å²) in [5, 5.41) is 2.01. The average molecular weight is 397 g/mol. The maximum atomic E-state index is 12.7. The largest absolute Gasteiger partial charge is 0.416 e. The molecular weight excluding hydrogens is 379 g/mol. The molecule has 1 aliphatic rings. The molecule has 0 radical (unpaired) electrons. The van der Waals surface area contributed by atoms with Crippen molar-refractivity contribution in [3.63, 3.8) is 0 Å². The van der Waals surface area contributed by atoms with Crippen LogP contribution in [0.5, 0.6) is 0 Å². The molecule has 0 saturated heterocycles. The van der Waals surface area contributed by atoms with Crippen molar-refractivity contribution in [1.29, 1.82) is 0 Å². The molecule has 3 rings (SSSR count). The summed E-state index contributed by atoms with van der Waals surface area (Å²) in [5.41, 5.74) is 5.22. The molecule has 5 nitrogen and oxygen atoms in total. The predicted octanol–water partition coefficient (Wildman–Crippen LogP) is 3.58. The van der Waals surface area contributed by atoms with Gasteiger partial charge in [-0.25, -0.2) is 0 Å². The zero-order valence-corrected chi connectivity index (χ0v) is 15.1. The lowest BCUT2D eigenvalue weighted by molar-refractivity contribution is -0.137. The number of alkyl halides is 3. The van der Waals surface area contributed by atoms with Gasteiger partial charge in [-0.1, -0.05) is 6.07 Å². The average Bonchev–Trinajstić information content (AvgIpc) is 3.11. The number of nitrogens with zero attached hydrogens (tertiary/aromatic N) is 1. The van der Waals surface area contributed by atoms with Crippen LogP contribution in [0.2, 0.25) is 0 Å². The Bertz CT molecular complexity index is 835. The Hall–Kier alpha value is -2.55. The summed E-state index contributed by atoms with van der Waals surface area (Å²) < 4.78 is 38.0. The first-order valence-corrected chi connectivity index (χ1v) is 9.26. The molecule has 0 bridgehead atoms. The first-order chi connectivity index (χ1) is 12.8. The predicted molar refractivity (Wildman–Crippen MR) is 95.9 cm³/mol. The molecule has 1 aliphatic heterocycles. The van der Waals surface area contributed by atoms with Crippen LogP contribution in [-0.2, 0) is 28.7 Å². The van der Waals surface area contributed by atoms with E-state index in [9.17, 15) is 22.8 Å². The van der Waals surface area contributed by atoms with Crippen molar-refractivity contribution in [1.82, 2.24) is 10.3 Å². The monoisotopic (exact) mass is 397 g/mol. The molecule has 0 atom stereocenters. The van der Waals surface area contributed by atoms with Crippen molar-refractivity contribution >= 4 is 28.8 Å². The smallest absolute Gasteiger partial charge is 0.338 e. The highest BCUT2D eigenvalue weighted by Crippen LogP contribution is 2.30. The summed E-state index contributed by atoms with van der Waals surface area (Å²) in [4.78, 5) is 27.2. The van der Waals surface area contributed by atoms with Crippen LogP contribution in [0.4, 0.5) is 18.9 Å². The second-order valence-corrected chi connectivity index (χ2v) is 7.19. The lowest BCUT2D eigenvalue weighted by Gasteiger charge is -2.27. The zero-order chi connectivity index (χ0) is 19.4. The molecule has 0 aliphatic carbocycles. The van der Waals surface area contributed by atoms with E-state index in [4.69, 9.17) is 0 Å². The number of benzene rings is 1. The number of carbonyl (C=O) groups excluding carboxylic acids is 2. The van der Waals surface area contributed by atoms with E-state index >= 15 is 0 Å². The molecule has 9 heteroatoms. The van der Waals surface area contributed by atoms with E-state index in [0.717, 1.165) is 24.1 Å². The van der Waals surface area contributed by atoms with Gasteiger partial charge in [-0.2, -0.15) is 13.2 Å². The number of hydrazine groups is 1. The van der Waals surface area contributed by atoms with Gasteiger partial charge >= 0.3 is 6.18 Å². The third-order valence-electron chi connectivity index (χ3n) is 4.26. The van der Waals surface area contributed by atoms with Gasteiger partial charge in [-0.3, -0.25) is 20.4 Å². The number of carbonyl (C=O) groups is 2. The van der Waals surface area contributed by atoms with Gasteiger partial charge < -0.3 is 4.90 Å². The number of nitrogens with one attached hydrogen (secondary N) is 2. The maximum Gasteiger partial charge on any atom is 0.416 e. The fourth-order valence-corrected chi connectivity index (χ4v) is 3.71. The van der Waals surface area contributed by atoms with E-state index in [0.29, 0.717) is 13.1 Å². The molecule has 2 aromatic rings. The quantitative estimate of drug-likeness (QED) is 0.759. The minimum absolute atomic E-state index is 0.0439. The van der Waals surface area contributed by atoms with E-state index in [-0.39, 0.29) is 24.4 Å². The molecule has 2 heterocycles. The molecule has 1 aromatic carbocycles. The fraction of sp³-hybridized carbons (Fsp3) is 0.333. The Morgan fingerprint density at radius 3 is 2.78 bits per heavy atom. The van der Waals surface area contributed by atoms with Crippen LogP contribution in [-0.4, -0.2) is 23.3 Å². The highest BCUT2D eigenvalue weighted by molar-refractivity contribution is 7.10. The van der Waals surface area contributed by atoms with Crippen LogP contribution in [0, 0.1) is 0 Å². The number of anilines is 1. The Morgan fingerprint density at radius 2 is 2.00 bits per heavy atom. The van der Waals surface area contributed by atoms with Crippen LogP contribution in [0.15, 0.2) is 35.7 Å². The zero-order valence-electron chi connectivity index (χ0n) is 14.3. The minimum Gasteiger partial charge on any atom is -0.338 e. The molecule has 144 valence electrons. The molecule has 2 N–H and O–H groups in total. The van der Waals surface area contributed by atoms with Crippen LogP contribution >= 0.6 is 11.3 Å². The third-order valence-corrected chi connectivity index (χ3v) is 5.29. The molecule has 2 amide bonds. The van der Waals surface area contributed by atoms with Crippen LogP contribution < -0.4 is 10.9 Å². The SMILES string of the molecule is O=C(CCC(=O)N1CCc2sccc2C1)NNc1cccc(C(F)(F)F)c1. The Labute approximate surface area is 158 Å². The molecule has 0 spiro atoms. The van der Waals surface area contributed by atoms with Gasteiger partial charge in [-0.05, 0) is 41.6 Å². The first-order valence-electron chi connectivity index (χ1n) is 8.38. The number of hydrogen-bond acceptors (Lipinski definition) is 4. The van der Waals surface area contributed by atoms with E-state index in [2.05, 4.69) is 10.9 Å². The highest BCUT2D eigenvalue weighted by Gasteiger charge is 2.30. The van der Waals surface area contributed by atoms with Crippen molar-refractivity contribution in [2.45, 2.75) is 32.0 Å². The van der Waals surface area contributed by atoms with Gasteiger partial charge in [0.05, 0.1) is 11.3 Å². The van der Waals surface area contributed by atoms with Crippen molar-refractivity contribution in [3.8, 4) is 0 Å². The molecule has 0 fully saturated rings. The van der Waals surface area contributed by atoms with Gasteiger partial charge in [0.1, 0.15) is 0 Å². The van der Waals surface area contributed by atoms with Crippen LogP contribution in [0.25, 0.3) is 0 Å². The summed E-state index contributed by atoms with van der Waals surface area (Å²) in [7, 11) is 0. The second kappa shape index (κ2) is 7.99. The van der Waals surface area contributed by atoms with Crippen molar-refractivity contribution < 1.29 is 22.8 Å². The lowest BCUT2D eigenvalue weighted by Crippen LogP contribution is -2.36. The van der Waals surface area contributed by atoms with Gasteiger partial charge in [-0.15, -0.1) is 11.3 Å². The van der Waals surface area contributed by atoms with E-state index in [1.165, 1.54) is 17.0 Å². The number of amides is 2. The number of thiophene rings is 1. The van der Waals surface area contributed by atoms with Gasteiger partial charge in [0.25, 0.3) is 0 Å². The standard InChI is InChI=1S/C18H18F3N3O2S/c19-18(20,21)13-2-1-3-14(10-13)22-23-16(25)4-5-17(26)24-8-6-15-12(11-24)7-9-27-15/h1-3,7,9-10,22H,4-6,8,11H2,(H,23,25). The molecule has 27 heavy (non-hydrogen) atoms. The number of halogens is 3. The third kappa shape index (κ3) is 5.00. The lowest BCUT2D eigenvalue weighted by atomic mass is 10.1. The normalized spacial score (nSPS) is 13.8. The maximum absolute atomic E-state index is 12.7. The Kier molecular flexibility index (Phi) is 5.69. The van der Waals surface area contributed by atoms with Crippen LogP contribution in [0.1, 0.15) is 28.8 Å². The summed E-state index contributed by atoms with van der Waals surface area (Å²) in [5.74, 6) is -0.574. The van der Waals surface area contributed by atoms with Gasteiger partial charge in [0.15, 0.2) is 0 Å². The van der Waals surface area contributed by atoms with Crippen molar-refractivity contribution in [2.75, 3.05) is 12.0 Å². The molecule has 0 saturated carbocycles. The number of fused-ring (bicyclic) bond motifs is 1. The summed E-state index contributed by atoms with van der Waals surface area (Å²) in [6.07, 6.45) is -3.62. The highest BCUT2D eigenvalue weighted by atomic mass is 32.1. The second-order valence-electron chi connectivity index (χ2n) is 6.19. The van der Waals surface area contributed by atoms with Crippen molar-refractivity contribution in [2.24, 2.45) is 0 Å². The Morgan fingerprint density at radius 1 is 1.19 bits per heavy atom. The van der Waals surface area contributed by atoms with Crippen LogP contribution in [0.3, 0.4) is 0 Å². The van der Waals surface area contributed by atoms with Gasteiger partial charge in [0.2, 0.25) is 11.8 Å². The number of hydrogen-bond donors (Lipinski definition) is 2. The topological polar surface area (TPSA) is 61.4 Å². The summed E-state index contributed by atoms with van der Waals surface area (Å²) in [6, 6.07) is 6.51.